The van der Waals surface area contributed by atoms with Crippen LogP contribution in [0.5, 0.6) is 0 Å². The van der Waals surface area contributed by atoms with Crippen LogP contribution >= 0.6 is 0 Å². The van der Waals surface area contributed by atoms with Gasteiger partial charge in [0.05, 0.1) is 50.6 Å². The van der Waals surface area contributed by atoms with Crippen LogP contribution in [0, 0.1) is 39.0 Å². The van der Waals surface area contributed by atoms with Gasteiger partial charge in [-0.05, 0) is 85.3 Å². The van der Waals surface area contributed by atoms with Gasteiger partial charge in [0.2, 0.25) is 0 Å². The zero-order valence-corrected chi connectivity index (χ0v) is 26.9. The lowest BCUT2D eigenvalue weighted by Gasteiger charge is -2.24. The van der Waals surface area contributed by atoms with Gasteiger partial charge in [-0.2, -0.15) is 18.4 Å². The first-order valence-corrected chi connectivity index (χ1v) is 15.8. The van der Waals surface area contributed by atoms with Crippen molar-refractivity contribution < 1.29 is 13.2 Å². The molecule has 0 aliphatic carbocycles. The van der Waals surface area contributed by atoms with Gasteiger partial charge in [0.15, 0.2) is 0 Å². The molecule has 8 aromatic rings. The van der Waals surface area contributed by atoms with E-state index in [1.165, 1.54) is 6.07 Å². The number of fused-ring (bicyclic) bond motifs is 6. The van der Waals surface area contributed by atoms with E-state index in [4.69, 9.17) is 0 Å². The SMILES string of the molecule is Cc1cccc2c3cccc(C)c3n(-c3cc(-c4cccc(C#N)c4)cc(C(F)(F)F)c3-n3c4c(C)cccc4c4cccc(C)c43)c12. The fourth-order valence-electron chi connectivity index (χ4n) is 7.56. The first-order chi connectivity index (χ1) is 23.1. The summed E-state index contributed by atoms with van der Waals surface area (Å²) >= 11 is 0. The van der Waals surface area contributed by atoms with E-state index >= 15 is 13.2 Å². The van der Waals surface area contributed by atoms with E-state index in [-0.39, 0.29) is 5.69 Å². The second-order valence-electron chi connectivity index (χ2n) is 12.6. The van der Waals surface area contributed by atoms with Gasteiger partial charge < -0.3 is 9.13 Å². The third-order valence-corrected chi connectivity index (χ3v) is 9.61. The average molecular weight is 634 g/mol. The molecule has 0 unspecified atom stereocenters. The summed E-state index contributed by atoms with van der Waals surface area (Å²) in [6.45, 7) is 7.92. The van der Waals surface area contributed by atoms with Gasteiger partial charge in [0.25, 0.3) is 0 Å². The summed E-state index contributed by atoms with van der Waals surface area (Å²) < 4.78 is 51.3. The lowest BCUT2D eigenvalue weighted by Crippen LogP contribution is -2.15. The van der Waals surface area contributed by atoms with Crippen LogP contribution < -0.4 is 0 Å². The van der Waals surface area contributed by atoms with Gasteiger partial charge in [-0.3, -0.25) is 0 Å². The van der Waals surface area contributed by atoms with Crippen molar-refractivity contribution >= 4 is 43.6 Å². The Labute approximate surface area is 275 Å². The molecule has 0 atom stereocenters. The third kappa shape index (κ3) is 4.28. The van der Waals surface area contributed by atoms with Gasteiger partial charge >= 0.3 is 6.18 Å². The van der Waals surface area contributed by atoms with Crippen molar-refractivity contribution in [1.82, 2.24) is 9.13 Å². The highest BCUT2D eigenvalue weighted by Gasteiger charge is 2.38. The first kappa shape index (κ1) is 29.6. The molecular weight excluding hydrogens is 603 g/mol. The van der Waals surface area contributed by atoms with Crippen molar-refractivity contribution in [1.29, 1.82) is 5.26 Å². The fraction of sp³-hybridized carbons (Fsp3) is 0.119. The second-order valence-corrected chi connectivity index (χ2v) is 12.6. The van der Waals surface area contributed by atoms with E-state index < -0.39 is 11.7 Å². The number of hydrogen-bond donors (Lipinski definition) is 0. The maximum Gasteiger partial charge on any atom is 0.418 e. The normalized spacial score (nSPS) is 12.0. The van der Waals surface area contributed by atoms with Crippen molar-refractivity contribution in [3.63, 3.8) is 0 Å². The topological polar surface area (TPSA) is 33.6 Å². The van der Waals surface area contributed by atoms with E-state index in [0.717, 1.165) is 65.9 Å². The number of halogens is 3. The number of aromatic nitrogens is 2. The van der Waals surface area contributed by atoms with Crippen LogP contribution in [0.25, 0.3) is 66.1 Å². The van der Waals surface area contributed by atoms with Crippen LogP contribution in [-0.2, 0) is 6.18 Å². The summed E-state index contributed by atoms with van der Waals surface area (Å²) in [5.41, 5.74) is 7.87. The molecule has 0 fully saturated rings. The average Bonchev–Trinajstić information content (AvgIpc) is 3.60. The summed E-state index contributed by atoms with van der Waals surface area (Å²) in [5.74, 6) is 0. The van der Waals surface area contributed by atoms with E-state index in [0.29, 0.717) is 22.4 Å². The molecule has 0 bridgehead atoms. The van der Waals surface area contributed by atoms with Gasteiger partial charge in [0.1, 0.15) is 0 Å². The van der Waals surface area contributed by atoms with E-state index in [1.54, 1.807) is 24.3 Å². The van der Waals surface area contributed by atoms with Crippen LogP contribution in [0.3, 0.4) is 0 Å². The summed E-state index contributed by atoms with van der Waals surface area (Å²) in [5, 5.41) is 13.4. The molecular formula is C42H30F3N3. The molecule has 8 rings (SSSR count). The van der Waals surface area contributed by atoms with Gasteiger partial charge in [-0.15, -0.1) is 0 Å². The maximum atomic E-state index is 15.8. The lowest BCUT2D eigenvalue weighted by atomic mass is 9.97. The molecule has 0 saturated carbocycles. The Balaban J connectivity index is 1.68. The number of nitriles is 1. The first-order valence-electron chi connectivity index (χ1n) is 15.8. The van der Waals surface area contributed by atoms with Gasteiger partial charge in [-0.1, -0.05) is 84.9 Å². The molecule has 234 valence electrons. The van der Waals surface area contributed by atoms with E-state index in [1.807, 2.05) is 116 Å². The zero-order valence-electron chi connectivity index (χ0n) is 26.9. The molecule has 6 aromatic carbocycles. The number of alkyl halides is 3. The monoisotopic (exact) mass is 633 g/mol. The standard InChI is InChI=1S/C42H30F3N3/c1-24-10-5-16-31-32-17-6-11-25(2)38(32)47(37(24)31)36-22-30(29-15-9-14-28(20-29)23-46)21-35(42(43,44)45)41(36)48-39-26(3)12-7-18-33(39)34-19-8-13-27(4)40(34)48/h5-22H,1-4H3. The molecule has 0 saturated heterocycles. The van der Waals surface area contributed by atoms with Crippen molar-refractivity contribution in [3.05, 3.63) is 143 Å². The lowest BCUT2D eigenvalue weighted by molar-refractivity contribution is -0.137. The van der Waals surface area contributed by atoms with Gasteiger partial charge in [0, 0.05) is 21.5 Å². The maximum absolute atomic E-state index is 15.8. The highest BCUT2D eigenvalue weighted by molar-refractivity contribution is 6.13. The highest BCUT2D eigenvalue weighted by Crippen LogP contribution is 2.47. The van der Waals surface area contributed by atoms with Crippen LogP contribution in [-0.4, -0.2) is 9.13 Å². The molecule has 6 heteroatoms. The second kappa shape index (κ2) is 10.6. The molecule has 0 aliphatic heterocycles. The van der Waals surface area contributed by atoms with Crippen molar-refractivity contribution in [2.75, 3.05) is 0 Å². The molecule has 48 heavy (non-hydrogen) atoms. The smallest absolute Gasteiger partial charge is 0.307 e. The summed E-state index contributed by atoms with van der Waals surface area (Å²) in [6, 6.07) is 35.9. The van der Waals surface area contributed by atoms with Crippen molar-refractivity contribution in [2.45, 2.75) is 33.9 Å². The molecule has 2 aromatic heterocycles. The van der Waals surface area contributed by atoms with E-state index in [2.05, 4.69) is 6.07 Å². The van der Waals surface area contributed by atoms with Crippen molar-refractivity contribution in [3.8, 4) is 28.6 Å². The Morgan fingerprint density at radius 3 is 1.40 bits per heavy atom. The van der Waals surface area contributed by atoms with Crippen LogP contribution in [0.4, 0.5) is 13.2 Å². The number of benzene rings is 6. The third-order valence-electron chi connectivity index (χ3n) is 9.61. The minimum absolute atomic E-state index is 0.0663. The summed E-state index contributed by atoms with van der Waals surface area (Å²) in [7, 11) is 0. The number of para-hydroxylation sites is 4. The van der Waals surface area contributed by atoms with Crippen LogP contribution in [0.1, 0.15) is 33.4 Å². The molecule has 3 nitrogen and oxygen atoms in total. The molecule has 2 heterocycles. The number of aryl methyl sites for hydroxylation is 4. The Hall–Kier alpha value is -5.80. The molecule has 0 amide bonds. The highest BCUT2D eigenvalue weighted by atomic mass is 19.4. The Kier molecular flexibility index (Phi) is 6.54. The number of nitrogens with zero attached hydrogens (tertiary/aromatic N) is 3. The molecule has 0 spiro atoms. The van der Waals surface area contributed by atoms with Crippen LogP contribution in [0.15, 0.2) is 109 Å². The Bertz CT molecular complexity index is 2540. The molecule has 0 aliphatic rings. The summed E-state index contributed by atoms with van der Waals surface area (Å²) in [6.07, 6.45) is -4.72. The predicted molar refractivity (Wildman–Crippen MR) is 189 cm³/mol. The minimum atomic E-state index is -4.72. The van der Waals surface area contributed by atoms with Crippen LogP contribution in [0.2, 0.25) is 0 Å². The molecule has 0 N–H and O–H groups in total. The zero-order chi connectivity index (χ0) is 33.5. The Morgan fingerprint density at radius 2 is 0.958 bits per heavy atom. The summed E-state index contributed by atoms with van der Waals surface area (Å²) in [4.78, 5) is 0. The quantitative estimate of drug-likeness (QED) is 0.191. The van der Waals surface area contributed by atoms with Gasteiger partial charge in [-0.25, -0.2) is 0 Å². The number of hydrogen-bond acceptors (Lipinski definition) is 1. The predicted octanol–water partition coefficient (Wildman–Crippen LogP) is 11.7. The molecule has 0 radical (unpaired) electrons. The Morgan fingerprint density at radius 1 is 0.521 bits per heavy atom. The number of rotatable bonds is 3. The largest absolute Gasteiger partial charge is 0.418 e. The van der Waals surface area contributed by atoms with E-state index in [9.17, 15) is 5.26 Å². The fourth-order valence-corrected chi connectivity index (χ4v) is 7.56. The minimum Gasteiger partial charge on any atom is -0.307 e. The van der Waals surface area contributed by atoms with Crippen molar-refractivity contribution in [2.24, 2.45) is 0 Å².